The third-order valence-corrected chi connectivity index (χ3v) is 4.21. The van der Waals surface area contributed by atoms with E-state index in [2.05, 4.69) is 37.9 Å². The van der Waals surface area contributed by atoms with Crippen LogP contribution in [0.4, 0.5) is 0 Å². The minimum Gasteiger partial charge on any atom is -0.294 e. The molecule has 0 saturated carbocycles. The largest absolute Gasteiger partial charge is 0.294 e. The van der Waals surface area contributed by atoms with Crippen molar-refractivity contribution in [3.8, 4) is 0 Å². The molecule has 1 nitrogen and oxygen atoms in total. The van der Waals surface area contributed by atoms with Crippen molar-refractivity contribution < 1.29 is 4.79 Å². The standard InChI is InChI=1S/C13H10Br2OS/c14-10-6-9(7-11(15)8-10)13(16)4-3-12-2-1-5-17-12/h1-2,5-8H,3-4H2. The summed E-state index contributed by atoms with van der Waals surface area (Å²) in [6, 6.07) is 9.73. The molecule has 0 radical (unpaired) electrons. The highest BCUT2D eigenvalue weighted by molar-refractivity contribution is 9.11. The van der Waals surface area contributed by atoms with Crippen molar-refractivity contribution in [2.45, 2.75) is 12.8 Å². The molecule has 0 aliphatic carbocycles. The van der Waals surface area contributed by atoms with Crippen molar-refractivity contribution in [3.63, 3.8) is 0 Å². The third kappa shape index (κ3) is 3.76. The zero-order chi connectivity index (χ0) is 12.3. The summed E-state index contributed by atoms with van der Waals surface area (Å²) in [6.45, 7) is 0. The van der Waals surface area contributed by atoms with Gasteiger partial charge in [0.2, 0.25) is 0 Å². The van der Waals surface area contributed by atoms with Crippen LogP contribution in [0, 0.1) is 0 Å². The second kappa shape index (κ2) is 5.94. The number of hydrogen-bond donors (Lipinski definition) is 0. The number of halogens is 2. The number of ketones is 1. The first kappa shape index (κ1) is 13.0. The predicted octanol–water partition coefficient (Wildman–Crippen LogP) is 5.09. The third-order valence-electron chi connectivity index (χ3n) is 2.36. The highest BCUT2D eigenvalue weighted by atomic mass is 79.9. The van der Waals surface area contributed by atoms with Gasteiger partial charge in [-0.3, -0.25) is 4.79 Å². The van der Waals surface area contributed by atoms with Crippen molar-refractivity contribution in [3.05, 3.63) is 55.1 Å². The van der Waals surface area contributed by atoms with Crippen molar-refractivity contribution in [1.82, 2.24) is 0 Å². The normalized spacial score (nSPS) is 10.5. The van der Waals surface area contributed by atoms with Crippen LogP contribution in [-0.4, -0.2) is 5.78 Å². The number of hydrogen-bond acceptors (Lipinski definition) is 2. The summed E-state index contributed by atoms with van der Waals surface area (Å²) < 4.78 is 1.85. The van der Waals surface area contributed by atoms with E-state index in [1.54, 1.807) is 11.3 Å². The van der Waals surface area contributed by atoms with Gasteiger partial charge in [0.1, 0.15) is 0 Å². The molecule has 0 spiro atoms. The smallest absolute Gasteiger partial charge is 0.163 e. The molecule has 88 valence electrons. The van der Waals surface area contributed by atoms with Crippen LogP contribution in [0.25, 0.3) is 0 Å². The lowest BCUT2D eigenvalue weighted by Crippen LogP contribution is -2.00. The highest BCUT2D eigenvalue weighted by Crippen LogP contribution is 2.21. The Hall–Kier alpha value is -0.450. The molecule has 0 bridgehead atoms. The average molecular weight is 374 g/mol. The number of aryl methyl sites for hydroxylation is 1. The summed E-state index contributed by atoms with van der Waals surface area (Å²) in [7, 11) is 0. The summed E-state index contributed by atoms with van der Waals surface area (Å²) in [5, 5.41) is 2.04. The maximum atomic E-state index is 12.0. The Morgan fingerprint density at radius 2 is 1.88 bits per heavy atom. The maximum Gasteiger partial charge on any atom is 0.163 e. The molecule has 0 fully saturated rings. The van der Waals surface area contributed by atoms with Gasteiger partial charge in [-0.25, -0.2) is 0 Å². The molecule has 0 aliphatic heterocycles. The molecule has 17 heavy (non-hydrogen) atoms. The van der Waals surface area contributed by atoms with E-state index in [9.17, 15) is 4.79 Å². The first-order valence-corrected chi connectivity index (χ1v) is 7.63. The van der Waals surface area contributed by atoms with Gasteiger partial charge in [-0.15, -0.1) is 11.3 Å². The highest BCUT2D eigenvalue weighted by Gasteiger charge is 2.08. The van der Waals surface area contributed by atoms with E-state index >= 15 is 0 Å². The molecular formula is C13H10Br2OS. The van der Waals surface area contributed by atoms with E-state index in [1.165, 1.54) is 4.88 Å². The molecular weight excluding hydrogens is 364 g/mol. The number of carbonyl (C=O) groups is 1. The predicted molar refractivity (Wildman–Crippen MR) is 78.8 cm³/mol. The van der Waals surface area contributed by atoms with Crippen molar-refractivity contribution in [2.75, 3.05) is 0 Å². The van der Waals surface area contributed by atoms with Crippen LogP contribution < -0.4 is 0 Å². The van der Waals surface area contributed by atoms with Gasteiger partial charge in [0.05, 0.1) is 0 Å². The van der Waals surface area contributed by atoms with E-state index in [0.29, 0.717) is 6.42 Å². The topological polar surface area (TPSA) is 17.1 Å². The summed E-state index contributed by atoms with van der Waals surface area (Å²) >= 11 is 8.48. The Bertz CT molecular complexity index is 500. The van der Waals surface area contributed by atoms with Gasteiger partial charge in [-0.05, 0) is 36.1 Å². The summed E-state index contributed by atoms with van der Waals surface area (Å²) in [5.74, 6) is 0.181. The van der Waals surface area contributed by atoms with Crippen molar-refractivity contribution in [1.29, 1.82) is 0 Å². The molecule has 1 aromatic carbocycles. The van der Waals surface area contributed by atoms with Gasteiger partial charge in [0, 0.05) is 25.8 Å². The number of thiophene rings is 1. The zero-order valence-corrected chi connectivity index (χ0v) is 12.9. The van der Waals surface area contributed by atoms with Gasteiger partial charge in [0.15, 0.2) is 5.78 Å². The molecule has 2 aromatic rings. The molecule has 0 N–H and O–H groups in total. The van der Waals surface area contributed by atoms with E-state index in [0.717, 1.165) is 20.9 Å². The van der Waals surface area contributed by atoms with Gasteiger partial charge in [0.25, 0.3) is 0 Å². The Morgan fingerprint density at radius 1 is 1.18 bits per heavy atom. The average Bonchev–Trinajstić information content (AvgIpc) is 2.77. The van der Waals surface area contributed by atoms with Crippen LogP contribution in [0.5, 0.6) is 0 Å². The SMILES string of the molecule is O=C(CCc1cccs1)c1cc(Br)cc(Br)c1. The fraction of sp³-hybridized carbons (Fsp3) is 0.154. The van der Waals surface area contributed by atoms with Crippen LogP contribution in [0.15, 0.2) is 44.7 Å². The second-order valence-corrected chi connectivity index (χ2v) is 6.52. The summed E-state index contributed by atoms with van der Waals surface area (Å²) in [4.78, 5) is 13.3. The Morgan fingerprint density at radius 3 is 2.47 bits per heavy atom. The van der Waals surface area contributed by atoms with E-state index in [4.69, 9.17) is 0 Å². The van der Waals surface area contributed by atoms with E-state index in [1.807, 2.05) is 29.6 Å². The van der Waals surface area contributed by atoms with Crippen molar-refractivity contribution in [2.24, 2.45) is 0 Å². The van der Waals surface area contributed by atoms with Crippen LogP contribution in [0.1, 0.15) is 21.7 Å². The Labute approximate surface area is 121 Å². The fourth-order valence-corrected chi connectivity index (χ4v) is 3.55. The van der Waals surface area contributed by atoms with Crippen LogP contribution >= 0.6 is 43.2 Å². The monoisotopic (exact) mass is 372 g/mol. The van der Waals surface area contributed by atoms with Gasteiger partial charge in [-0.2, -0.15) is 0 Å². The van der Waals surface area contributed by atoms with Gasteiger partial charge in [-0.1, -0.05) is 37.9 Å². The maximum absolute atomic E-state index is 12.0. The van der Waals surface area contributed by atoms with Crippen LogP contribution in [-0.2, 0) is 6.42 Å². The molecule has 0 atom stereocenters. The lowest BCUT2D eigenvalue weighted by molar-refractivity contribution is 0.0983. The van der Waals surface area contributed by atoms with Gasteiger partial charge >= 0.3 is 0 Å². The Balaban J connectivity index is 2.04. The van der Waals surface area contributed by atoms with Gasteiger partial charge < -0.3 is 0 Å². The number of carbonyl (C=O) groups excluding carboxylic acids is 1. The number of benzene rings is 1. The van der Waals surface area contributed by atoms with Crippen LogP contribution in [0.2, 0.25) is 0 Å². The lowest BCUT2D eigenvalue weighted by Gasteiger charge is -2.02. The molecule has 0 saturated heterocycles. The first-order valence-electron chi connectivity index (χ1n) is 5.17. The second-order valence-electron chi connectivity index (χ2n) is 3.66. The zero-order valence-electron chi connectivity index (χ0n) is 8.95. The molecule has 1 heterocycles. The van der Waals surface area contributed by atoms with E-state index in [-0.39, 0.29) is 5.78 Å². The first-order chi connectivity index (χ1) is 8.15. The summed E-state index contributed by atoms with van der Waals surface area (Å²) in [6.07, 6.45) is 1.38. The minimum atomic E-state index is 0.181. The fourth-order valence-electron chi connectivity index (χ4n) is 1.55. The number of rotatable bonds is 4. The summed E-state index contributed by atoms with van der Waals surface area (Å²) in [5.41, 5.74) is 0.753. The lowest BCUT2D eigenvalue weighted by atomic mass is 10.1. The Kier molecular flexibility index (Phi) is 4.54. The molecule has 0 unspecified atom stereocenters. The molecule has 2 rings (SSSR count). The molecule has 0 aliphatic rings. The molecule has 1 aromatic heterocycles. The van der Waals surface area contributed by atoms with Crippen molar-refractivity contribution >= 4 is 49.0 Å². The molecule has 0 amide bonds. The quantitative estimate of drug-likeness (QED) is 0.682. The van der Waals surface area contributed by atoms with Crippen LogP contribution in [0.3, 0.4) is 0 Å². The van der Waals surface area contributed by atoms with E-state index < -0.39 is 0 Å². The number of Topliss-reactive ketones (excluding diaryl/α,β-unsaturated/α-hetero) is 1. The molecule has 4 heteroatoms. The minimum absolute atomic E-state index is 0.181.